The molecule has 1 heterocycles. The number of rotatable bonds is 8. The van der Waals surface area contributed by atoms with E-state index < -0.39 is 12.0 Å². The number of carboxylic acids is 1. The molecule has 3 aromatic carbocycles. The molecule has 5 N–H and O–H groups in total. The molecule has 1 atom stereocenters. The summed E-state index contributed by atoms with van der Waals surface area (Å²) < 4.78 is 0. The molecule has 184 valence electrons. The first-order valence-corrected chi connectivity index (χ1v) is 11.5. The Kier molecular flexibility index (Phi) is 7.60. The molecule has 9 nitrogen and oxygen atoms in total. The maximum atomic E-state index is 13.4. The van der Waals surface area contributed by atoms with Crippen molar-refractivity contribution in [3.63, 3.8) is 0 Å². The van der Waals surface area contributed by atoms with Crippen molar-refractivity contribution < 1.29 is 19.5 Å². The Morgan fingerprint density at radius 2 is 1.86 bits per heavy atom. The summed E-state index contributed by atoms with van der Waals surface area (Å²) in [6.07, 6.45) is 1.99. The van der Waals surface area contributed by atoms with Gasteiger partial charge in [-0.2, -0.15) is 5.10 Å². The van der Waals surface area contributed by atoms with E-state index in [4.69, 9.17) is 5.84 Å². The van der Waals surface area contributed by atoms with Gasteiger partial charge < -0.3 is 26.5 Å². The van der Waals surface area contributed by atoms with Crippen molar-refractivity contribution in [2.75, 3.05) is 23.7 Å². The van der Waals surface area contributed by atoms with Gasteiger partial charge in [0.05, 0.1) is 24.2 Å². The van der Waals surface area contributed by atoms with E-state index in [1.54, 1.807) is 47.4 Å². The number of hydrogen-bond donors (Lipinski definition) is 4. The van der Waals surface area contributed by atoms with Gasteiger partial charge in [0.1, 0.15) is 0 Å². The number of nitrogens with zero attached hydrogens (tertiary/aromatic N) is 2. The zero-order valence-corrected chi connectivity index (χ0v) is 19.6. The molecule has 0 radical (unpaired) electrons. The third-order valence-electron chi connectivity index (χ3n) is 5.93. The number of hydrogen-bond acceptors (Lipinski definition) is 6. The van der Waals surface area contributed by atoms with E-state index in [0.717, 1.165) is 11.1 Å². The summed E-state index contributed by atoms with van der Waals surface area (Å²) in [6, 6.07) is 21.1. The van der Waals surface area contributed by atoms with Gasteiger partial charge in [0.15, 0.2) is 0 Å². The van der Waals surface area contributed by atoms with Crippen molar-refractivity contribution in [2.45, 2.75) is 18.9 Å². The van der Waals surface area contributed by atoms with Crippen LogP contribution in [0.3, 0.4) is 0 Å². The molecular formula is C27H27N5O4. The summed E-state index contributed by atoms with van der Waals surface area (Å²) >= 11 is 0. The number of aliphatic carboxylic acids is 1. The summed E-state index contributed by atoms with van der Waals surface area (Å²) in [6.45, 7) is 0.718. The molecule has 3 aromatic rings. The minimum Gasteiger partial charge on any atom is -0.481 e. The van der Waals surface area contributed by atoms with E-state index >= 15 is 0 Å². The second-order valence-electron chi connectivity index (χ2n) is 8.54. The van der Waals surface area contributed by atoms with Crippen LogP contribution >= 0.6 is 0 Å². The molecule has 0 spiro atoms. The monoisotopic (exact) mass is 485 g/mol. The lowest BCUT2D eigenvalue weighted by molar-refractivity contribution is -0.137. The fraction of sp³-hybridized carbons (Fsp3) is 0.185. The van der Waals surface area contributed by atoms with Crippen LogP contribution in [0.5, 0.6) is 0 Å². The number of amides is 2. The zero-order chi connectivity index (χ0) is 25.5. The average molecular weight is 486 g/mol. The Balaban J connectivity index is 1.54. The number of nitrogens with one attached hydrogen (secondary N) is 2. The Morgan fingerprint density at radius 3 is 2.56 bits per heavy atom. The van der Waals surface area contributed by atoms with Gasteiger partial charge in [0.2, 0.25) is 0 Å². The third kappa shape index (κ3) is 6.06. The molecule has 9 heteroatoms. The van der Waals surface area contributed by atoms with Crippen LogP contribution in [0.4, 0.5) is 11.4 Å². The van der Waals surface area contributed by atoms with Gasteiger partial charge in [-0.25, -0.2) is 0 Å². The van der Waals surface area contributed by atoms with Gasteiger partial charge in [-0.05, 0) is 47.9 Å². The highest BCUT2D eigenvalue weighted by Gasteiger charge is 2.28. The van der Waals surface area contributed by atoms with Crippen LogP contribution in [0.15, 0.2) is 77.9 Å². The summed E-state index contributed by atoms with van der Waals surface area (Å²) in [5, 5.41) is 18.9. The predicted octanol–water partition coefficient (Wildman–Crippen LogP) is 3.19. The lowest BCUT2D eigenvalue weighted by Gasteiger charge is -2.24. The second-order valence-corrected chi connectivity index (χ2v) is 8.54. The molecule has 36 heavy (non-hydrogen) atoms. The van der Waals surface area contributed by atoms with Crippen molar-refractivity contribution >= 4 is 35.4 Å². The highest BCUT2D eigenvalue weighted by molar-refractivity contribution is 6.06. The minimum atomic E-state index is -0.959. The summed E-state index contributed by atoms with van der Waals surface area (Å²) in [4.78, 5) is 39.2. The van der Waals surface area contributed by atoms with Gasteiger partial charge in [-0.15, -0.1) is 0 Å². The van der Waals surface area contributed by atoms with E-state index in [2.05, 4.69) is 15.7 Å². The fourth-order valence-corrected chi connectivity index (χ4v) is 4.15. The molecule has 1 aliphatic rings. The topological polar surface area (TPSA) is 137 Å². The first kappa shape index (κ1) is 24.5. The van der Waals surface area contributed by atoms with E-state index in [0.29, 0.717) is 35.5 Å². The third-order valence-corrected chi connectivity index (χ3v) is 5.93. The largest absolute Gasteiger partial charge is 0.481 e. The molecule has 0 bridgehead atoms. The quantitative estimate of drug-likeness (QED) is 0.220. The lowest BCUT2D eigenvalue weighted by atomic mass is 10.1. The number of carboxylic acid groups (broad SMARTS) is 1. The SMILES string of the molecule is NN=Cc1ccc(C(=O)Nc2ccc3c(c2)NC(CC(=O)O)CN(CCc2ccccc2)C3=O)cc1. The molecule has 0 fully saturated rings. The molecule has 0 saturated carbocycles. The lowest BCUT2D eigenvalue weighted by Crippen LogP contribution is -2.39. The molecule has 4 rings (SSSR count). The molecule has 0 saturated heterocycles. The summed E-state index contributed by atoms with van der Waals surface area (Å²) in [7, 11) is 0. The number of benzene rings is 3. The van der Waals surface area contributed by atoms with Crippen LogP contribution < -0.4 is 16.5 Å². The first-order chi connectivity index (χ1) is 17.4. The molecule has 1 aliphatic heterocycles. The summed E-state index contributed by atoms with van der Waals surface area (Å²) in [5.74, 6) is 3.69. The van der Waals surface area contributed by atoms with Crippen molar-refractivity contribution in [1.82, 2.24) is 4.90 Å². The smallest absolute Gasteiger partial charge is 0.305 e. The van der Waals surface area contributed by atoms with Gasteiger partial charge in [-0.3, -0.25) is 14.4 Å². The standard InChI is InChI=1S/C27H27N5O4/c28-29-16-19-6-8-20(9-7-19)26(35)31-21-10-11-23-24(14-21)30-22(15-25(33)34)17-32(27(23)36)13-12-18-4-2-1-3-5-18/h1-11,14,16,22,30H,12-13,15,17,28H2,(H,31,35)(H,33,34). The van der Waals surface area contributed by atoms with Gasteiger partial charge in [0.25, 0.3) is 11.8 Å². The van der Waals surface area contributed by atoms with Crippen LogP contribution in [-0.2, 0) is 11.2 Å². The van der Waals surface area contributed by atoms with Crippen LogP contribution in [0.1, 0.15) is 38.3 Å². The molecule has 0 aromatic heterocycles. The van der Waals surface area contributed by atoms with Gasteiger partial charge >= 0.3 is 5.97 Å². The van der Waals surface area contributed by atoms with E-state index in [1.165, 1.54) is 6.21 Å². The van der Waals surface area contributed by atoms with Crippen molar-refractivity contribution in [3.8, 4) is 0 Å². The number of hydrazone groups is 1. The van der Waals surface area contributed by atoms with Gasteiger partial charge in [-0.1, -0.05) is 42.5 Å². The highest BCUT2D eigenvalue weighted by Crippen LogP contribution is 2.27. The van der Waals surface area contributed by atoms with E-state index in [-0.39, 0.29) is 24.8 Å². The van der Waals surface area contributed by atoms with Crippen LogP contribution in [0.25, 0.3) is 0 Å². The van der Waals surface area contributed by atoms with Crippen LogP contribution in [0.2, 0.25) is 0 Å². The minimum absolute atomic E-state index is 0.149. The van der Waals surface area contributed by atoms with E-state index in [9.17, 15) is 19.5 Å². The van der Waals surface area contributed by atoms with Crippen molar-refractivity contribution in [2.24, 2.45) is 10.9 Å². The number of fused-ring (bicyclic) bond motifs is 1. The predicted molar refractivity (Wildman–Crippen MR) is 138 cm³/mol. The second kappa shape index (κ2) is 11.2. The average Bonchev–Trinajstić information content (AvgIpc) is 2.99. The maximum Gasteiger partial charge on any atom is 0.305 e. The zero-order valence-electron chi connectivity index (χ0n) is 19.6. The number of carbonyl (C=O) groups is 3. The Bertz CT molecular complexity index is 1280. The van der Waals surface area contributed by atoms with E-state index in [1.807, 2.05) is 30.3 Å². The number of anilines is 2. The van der Waals surface area contributed by atoms with Crippen LogP contribution in [0, 0.1) is 0 Å². The number of carbonyl (C=O) groups excluding carboxylic acids is 2. The number of nitrogens with two attached hydrogens (primary N) is 1. The summed E-state index contributed by atoms with van der Waals surface area (Å²) in [5.41, 5.74) is 3.71. The van der Waals surface area contributed by atoms with Gasteiger partial charge in [0, 0.05) is 30.0 Å². The van der Waals surface area contributed by atoms with Crippen LogP contribution in [-0.4, -0.2) is 53.1 Å². The Labute approximate surface area is 208 Å². The highest BCUT2D eigenvalue weighted by atomic mass is 16.4. The molecule has 2 amide bonds. The maximum absolute atomic E-state index is 13.4. The van der Waals surface area contributed by atoms with Crippen molar-refractivity contribution in [3.05, 3.63) is 95.1 Å². The van der Waals surface area contributed by atoms with Crippen molar-refractivity contribution in [1.29, 1.82) is 0 Å². The molecule has 0 aliphatic carbocycles. The first-order valence-electron chi connectivity index (χ1n) is 11.5. The Morgan fingerprint density at radius 1 is 1.11 bits per heavy atom. The molecule has 1 unspecified atom stereocenters. The molecular weight excluding hydrogens is 458 g/mol. The Hall–Kier alpha value is -4.66. The fourth-order valence-electron chi connectivity index (χ4n) is 4.15. The normalized spacial score (nSPS) is 15.2.